The number of nitrogens with zero attached hydrogens (tertiary/aromatic N) is 1. The molecule has 0 aliphatic carbocycles. The molecule has 0 aliphatic rings. The van der Waals surface area contributed by atoms with Crippen molar-refractivity contribution in [1.29, 1.82) is 0 Å². The molecule has 19 heavy (non-hydrogen) atoms. The molecule has 0 bridgehead atoms. The number of carbonyl (C=O) groups is 2. The van der Waals surface area contributed by atoms with Gasteiger partial charge in [-0.05, 0) is 17.5 Å². The van der Waals surface area contributed by atoms with Gasteiger partial charge in [-0.25, -0.2) is 4.79 Å². The molecular weight excluding hydrogens is 244 g/mol. The van der Waals surface area contributed by atoms with Crippen molar-refractivity contribution in [2.24, 2.45) is 0 Å². The van der Waals surface area contributed by atoms with Crippen molar-refractivity contribution in [2.75, 3.05) is 18.9 Å². The predicted octanol–water partition coefficient (Wildman–Crippen LogP) is 2.75. The van der Waals surface area contributed by atoms with E-state index in [1.54, 1.807) is 7.05 Å². The van der Waals surface area contributed by atoms with Gasteiger partial charge < -0.3 is 15.3 Å². The smallest absolute Gasteiger partial charge is 0.321 e. The van der Waals surface area contributed by atoms with Crippen LogP contribution in [0.3, 0.4) is 0 Å². The van der Waals surface area contributed by atoms with Crippen molar-refractivity contribution in [3.63, 3.8) is 0 Å². The Morgan fingerprint density at radius 1 is 1.32 bits per heavy atom. The summed E-state index contributed by atoms with van der Waals surface area (Å²) in [7, 11) is 1.58. The van der Waals surface area contributed by atoms with Crippen LogP contribution in [0.5, 0.6) is 0 Å². The number of aliphatic carboxylic acids is 1. The number of hydrogen-bond donors (Lipinski definition) is 2. The maximum Gasteiger partial charge on any atom is 0.321 e. The average Bonchev–Trinajstić information content (AvgIpc) is 2.36. The van der Waals surface area contributed by atoms with Crippen LogP contribution in [-0.4, -0.2) is 35.6 Å². The highest BCUT2D eigenvalue weighted by atomic mass is 16.4. The van der Waals surface area contributed by atoms with Crippen LogP contribution >= 0.6 is 0 Å². The molecule has 0 aromatic heterocycles. The predicted molar refractivity (Wildman–Crippen MR) is 74.4 cm³/mol. The molecule has 104 valence electrons. The fraction of sp³-hybridized carbons (Fsp3) is 0.429. The van der Waals surface area contributed by atoms with Crippen LogP contribution in [0.2, 0.25) is 0 Å². The van der Waals surface area contributed by atoms with Crippen molar-refractivity contribution in [1.82, 2.24) is 4.90 Å². The Morgan fingerprint density at radius 3 is 2.53 bits per heavy atom. The maximum absolute atomic E-state index is 11.9. The van der Waals surface area contributed by atoms with E-state index in [9.17, 15) is 9.59 Å². The zero-order valence-electron chi connectivity index (χ0n) is 11.5. The molecule has 1 rings (SSSR count). The summed E-state index contributed by atoms with van der Waals surface area (Å²) in [6.45, 7) is 4.29. The van der Waals surface area contributed by atoms with Crippen LogP contribution < -0.4 is 5.32 Å². The molecule has 0 fully saturated rings. The SMILES string of the molecule is CC(C)c1ccccc1NC(=O)N(C)CCC(=O)O. The monoisotopic (exact) mass is 264 g/mol. The van der Waals surface area contributed by atoms with E-state index in [-0.39, 0.29) is 19.0 Å². The zero-order valence-corrected chi connectivity index (χ0v) is 11.5. The first-order valence-electron chi connectivity index (χ1n) is 6.24. The maximum atomic E-state index is 11.9. The molecule has 0 unspecified atom stereocenters. The average molecular weight is 264 g/mol. The number of carbonyl (C=O) groups excluding carboxylic acids is 1. The number of para-hydroxylation sites is 1. The lowest BCUT2D eigenvalue weighted by Gasteiger charge is -2.19. The largest absolute Gasteiger partial charge is 0.481 e. The molecule has 1 aromatic rings. The van der Waals surface area contributed by atoms with E-state index in [0.29, 0.717) is 5.92 Å². The number of hydrogen-bond acceptors (Lipinski definition) is 2. The second-order valence-corrected chi connectivity index (χ2v) is 4.74. The topological polar surface area (TPSA) is 69.6 Å². The van der Waals surface area contributed by atoms with Gasteiger partial charge in [-0.1, -0.05) is 32.0 Å². The summed E-state index contributed by atoms with van der Waals surface area (Å²) in [5.41, 5.74) is 1.83. The third-order valence-corrected chi connectivity index (χ3v) is 2.83. The minimum Gasteiger partial charge on any atom is -0.481 e. The Balaban J connectivity index is 2.69. The molecule has 0 saturated carbocycles. The molecule has 0 atom stereocenters. The number of amides is 2. The van der Waals surface area contributed by atoms with Crippen LogP contribution in [0.15, 0.2) is 24.3 Å². The van der Waals surface area contributed by atoms with Gasteiger partial charge in [-0.3, -0.25) is 4.79 Å². The van der Waals surface area contributed by atoms with E-state index in [1.807, 2.05) is 24.3 Å². The second kappa shape index (κ2) is 6.78. The van der Waals surface area contributed by atoms with Crippen molar-refractivity contribution >= 4 is 17.7 Å². The molecule has 0 saturated heterocycles. The number of urea groups is 1. The van der Waals surface area contributed by atoms with E-state index >= 15 is 0 Å². The Hall–Kier alpha value is -2.04. The van der Waals surface area contributed by atoms with Crippen LogP contribution in [0.4, 0.5) is 10.5 Å². The Bertz CT molecular complexity index is 458. The van der Waals surface area contributed by atoms with E-state index < -0.39 is 5.97 Å². The summed E-state index contributed by atoms with van der Waals surface area (Å²) >= 11 is 0. The van der Waals surface area contributed by atoms with Gasteiger partial charge in [-0.2, -0.15) is 0 Å². The number of carboxylic acids is 1. The van der Waals surface area contributed by atoms with Gasteiger partial charge in [0.25, 0.3) is 0 Å². The molecule has 0 aliphatic heterocycles. The van der Waals surface area contributed by atoms with Crippen molar-refractivity contribution in [3.8, 4) is 0 Å². The van der Waals surface area contributed by atoms with Crippen LogP contribution in [0, 0.1) is 0 Å². The van der Waals surface area contributed by atoms with Gasteiger partial charge in [0, 0.05) is 19.3 Å². The normalized spacial score (nSPS) is 10.3. The van der Waals surface area contributed by atoms with Crippen LogP contribution in [-0.2, 0) is 4.79 Å². The Labute approximate surface area is 113 Å². The lowest BCUT2D eigenvalue weighted by molar-refractivity contribution is -0.137. The summed E-state index contributed by atoms with van der Waals surface area (Å²) in [5, 5.41) is 11.4. The summed E-state index contributed by atoms with van der Waals surface area (Å²) in [4.78, 5) is 23.8. The van der Waals surface area contributed by atoms with Gasteiger partial charge in [0.2, 0.25) is 0 Å². The van der Waals surface area contributed by atoms with E-state index in [1.165, 1.54) is 4.90 Å². The quantitative estimate of drug-likeness (QED) is 0.859. The van der Waals surface area contributed by atoms with Crippen molar-refractivity contribution in [2.45, 2.75) is 26.2 Å². The molecule has 5 nitrogen and oxygen atoms in total. The first kappa shape index (κ1) is 15.0. The zero-order chi connectivity index (χ0) is 14.4. The lowest BCUT2D eigenvalue weighted by atomic mass is 10.0. The van der Waals surface area contributed by atoms with Gasteiger partial charge in [-0.15, -0.1) is 0 Å². The number of rotatable bonds is 5. The molecule has 2 amide bonds. The highest BCUT2D eigenvalue weighted by molar-refractivity contribution is 5.90. The second-order valence-electron chi connectivity index (χ2n) is 4.74. The van der Waals surface area contributed by atoms with Crippen LogP contribution in [0.1, 0.15) is 31.7 Å². The van der Waals surface area contributed by atoms with Crippen molar-refractivity contribution in [3.05, 3.63) is 29.8 Å². The minimum atomic E-state index is -0.915. The number of anilines is 1. The molecule has 2 N–H and O–H groups in total. The summed E-state index contributed by atoms with van der Waals surface area (Å²) in [6, 6.07) is 7.31. The highest BCUT2D eigenvalue weighted by Gasteiger charge is 2.13. The van der Waals surface area contributed by atoms with E-state index in [2.05, 4.69) is 19.2 Å². The Kier molecular flexibility index (Phi) is 5.36. The number of nitrogens with one attached hydrogen (secondary N) is 1. The van der Waals surface area contributed by atoms with Gasteiger partial charge in [0.15, 0.2) is 0 Å². The fourth-order valence-corrected chi connectivity index (χ4v) is 1.69. The third kappa shape index (κ3) is 4.62. The summed E-state index contributed by atoms with van der Waals surface area (Å²) in [6.07, 6.45) is -0.0598. The summed E-state index contributed by atoms with van der Waals surface area (Å²) < 4.78 is 0. The molecule has 0 radical (unpaired) electrons. The van der Waals surface area contributed by atoms with Gasteiger partial charge in [0.1, 0.15) is 0 Å². The molecule has 5 heteroatoms. The highest BCUT2D eigenvalue weighted by Crippen LogP contribution is 2.23. The Morgan fingerprint density at radius 2 is 1.95 bits per heavy atom. The van der Waals surface area contributed by atoms with Gasteiger partial charge >= 0.3 is 12.0 Å². The van der Waals surface area contributed by atoms with Crippen LogP contribution in [0.25, 0.3) is 0 Å². The fourth-order valence-electron chi connectivity index (χ4n) is 1.69. The van der Waals surface area contributed by atoms with E-state index in [0.717, 1.165) is 11.3 Å². The minimum absolute atomic E-state index is 0.0598. The first-order chi connectivity index (χ1) is 8.91. The summed E-state index contributed by atoms with van der Waals surface area (Å²) in [5.74, 6) is -0.608. The molecule has 1 aromatic carbocycles. The standard InChI is InChI=1S/C14H20N2O3/c1-10(2)11-6-4-5-7-12(11)15-14(19)16(3)9-8-13(17)18/h4-7,10H,8-9H2,1-3H3,(H,15,19)(H,17,18). The molecule has 0 spiro atoms. The molecular formula is C14H20N2O3. The molecule has 0 heterocycles. The number of benzene rings is 1. The van der Waals surface area contributed by atoms with E-state index in [4.69, 9.17) is 5.11 Å². The first-order valence-corrected chi connectivity index (χ1v) is 6.24. The third-order valence-electron chi connectivity index (χ3n) is 2.83. The number of carboxylic acid groups (broad SMARTS) is 1. The lowest BCUT2D eigenvalue weighted by Crippen LogP contribution is -2.33. The van der Waals surface area contributed by atoms with Gasteiger partial charge in [0.05, 0.1) is 6.42 Å². The van der Waals surface area contributed by atoms with Crippen molar-refractivity contribution < 1.29 is 14.7 Å².